The van der Waals surface area contributed by atoms with E-state index in [9.17, 15) is 9.18 Å². The average molecular weight is 355 g/mol. The third-order valence-corrected chi connectivity index (χ3v) is 4.05. The first-order valence-corrected chi connectivity index (χ1v) is 8.61. The molecule has 1 atom stereocenters. The monoisotopic (exact) mass is 355 g/mol. The molecular formula is C20H22FN3O2. The summed E-state index contributed by atoms with van der Waals surface area (Å²) < 4.78 is 18.6. The van der Waals surface area contributed by atoms with Gasteiger partial charge in [-0.05, 0) is 42.8 Å². The van der Waals surface area contributed by atoms with E-state index in [0.717, 1.165) is 22.4 Å². The first-order chi connectivity index (χ1) is 12.4. The summed E-state index contributed by atoms with van der Waals surface area (Å²) in [6.45, 7) is 6.19. The van der Waals surface area contributed by atoms with Crippen LogP contribution in [0.3, 0.4) is 0 Å². The van der Waals surface area contributed by atoms with E-state index in [1.807, 2.05) is 32.0 Å². The fraction of sp³-hybridized carbons (Fsp3) is 0.300. The van der Waals surface area contributed by atoms with Gasteiger partial charge in [0.25, 0.3) is 0 Å². The van der Waals surface area contributed by atoms with Crippen LogP contribution in [0.25, 0.3) is 11.1 Å². The first kappa shape index (κ1) is 17.9. The lowest BCUT2D eigenvalue weighted by atomic mass is 10.2. The van der Waals surface area contributed by atoms with Crippen molar-refractivity contribution in [2.45, 2.75) is 39.3 Å². The average Bonchev–Trinajstić information content (AvgIpc) is 3.04. The maximum absolute atomic E-state index is 12.9. The number of amides is 1. The van der Waals surface area contributed by atoms with Gasteiger partial charge in [-0.25, -0.2) is 9.37 Å². The minimum Gasteiger partial charge on any atom is -0.440 e. The Bertz CT molecular complexity index is 903. The van der Waals surface area contributed by atoms with E-state index < -0.39 is 6.04 Å². The van der Waals surface area contributed by atoms with E-state index in [4.69, 9.17) is 4.42 Å². The van der Waals surface area contributed by atoms with Gasteiger partial charge in [-0.1, -0.05) is 26.0 Å². The molecule has 0 bridgehead atoms. The van der Waals surface area contributed by atoms with Crippen LogP contribution < -0.4 is 10.6 Å². The van der Waals surface area contributed by atoms with Gasteiger partial charge >= 0.3 is 0 Å². The van der Waals surface area contributed by atoms with Crippen LogP contribution >= 0.6 is 0 Å². The van der Waals surface area contributed by atoms with Crippen molar-refractivity contribution in [3.8, 4) is 0 Å². The van der Waals surface area contributed by atoms with Gasteiger partial charge in [0.2, 0.25) is 5.91 Å². The quantitative estimate of drug-likeness (QED) is 0.695. The van der Waals surface area contributed by atoms with E-state index >= 15 is 0 Å². The number of carbonyl (C=O) groups excluding carboxylic acids is 1. The lowest BCUT2D eigenvalue weighted by Gasteiger charge is -2.15. The molecule has 0 aliphatic rings. The van der Waals surface area contributed by atoms with Gasteiger partial charge in [-0.2, -0.15) is 0 Å². The SMILES string of the molecule is CC(Nc1ccc2oc(C(C)C)nc2c1)C(=O)NCc1ccc(F)cc1. The predicted octanol–water partition coefficient (Wildman–Crippen LogP) is 4.21. The Kier molecular flexibility index (Phi) is 5.21. The van der Waals surface area contributed by atoms with Crippen LogP contribution in [0.2, 0.25) is 0 Å². The Morgan fingerprint density at radius 2 is 1.88 bits per heavy atom. The van der Waals surface area contributed by atoms with Crippen LogP contribution in [0.4, 0.5) is 10.1 Å². The topological polar surface area (TPSA) is 67.2 Å². The number of fused-ring (bicyclic) bond motifs is 1. The van der Waals surface area contributed by atoms with Gasteiger partial charge in [0.1, 0.15) is 17.4 Å². The zero-order valence-electron chi connectivity index (χ0n) is 15.0. The zero-order chi connectivity index (χ0) is 18.7. The van der Waals surface area contributed by atoms with Crippen molar-refractivity contribution < 1.29 is 13.6 Å². The molecule has 1 heterocycles. The highest BCUT2D eigenvalue weighted by atomic mass is 19.1. The number of rotatable bonds is 6. The van der Waals surface area contributed by atoms with Crippen LogP contribution in [0, 0.1) is 5.82 Å². The minimum atomic E-state index is -0.427. The molecule has 2 aromatic carbocycles. The molecule has 5 nitrogen and oxygen atoms in total. The van der Waals surface area contributed by atoms with Crippen LogP contribution in [-0.4, -0.2) is 16.9 Å². The Morgan fingerprint density at radius 3 is 2.58 bits per heavy atom. The zero-order valence-corrected chi connectivity index (χ0v) is 15.0. The van der Waals surface area contributed by atoms with E-state index in [1.165, 1.54) is 12.1 Å². The summed E-state index contributed by atoms with van der Waals surface area (Å²) in [5, 5.41) is 6.00. The second-order valence-corrected chi connectivity index (χ2v) is 6.60. The molecule has 0 saturated heterocycles. The second-order valence-electron chi connectivity index (χ2n) is 6.60. The number of nitrogens with one attached hydrogen (secondary N) is 2. The number of anilines is 1. The summed E-state index contributed by atoms with van der Waals surface area (Å²) >= 11 is 0. The summed E-state index contributed by atoms with van der Waals surface area (Å²) in [6.07, 6.45) is 0. The third-order valence-electron chi connectivity index (χ3n) is 4.05. The highest BCUT2D eigenvalue weighted by Gasteiger charge is 2.14. The number of hydrogen-bond donors (Lipinski definition) is 2. The van der Waals surface area contributed by atoms with Crippen LogP contribution in [0.5, 0.6) is 0 Å². The maximum atomic E-state index is 12.9. The predicted molar refractivity (Wildman–Crippen MR) is 99.4 cm³/mol. The van der Waals surface area contributed by atoms with Crippen molar-refractivity contribution in [1.82, 2.24) is 10.3 Å². The van der Waals surface area contributed by atoms with E-state index in [1.54, 1.807) is 19.1 Å². The molecule has 2 N–H and O–H groups in total. The Hall–Kier alpha value is -2.89. The molecule has 0 fully saturated rings. The van der Waals surface area contributed by atoms with Crippen molar-refractivity contribution in [1.29, 1.82) is 0 Å². The van der Waals surface area contributed by atoms with Crippen molar-refractivity contribution in [2.24, 2.45) is 0 Å². The van der Waals surface area contributed by atoms with Crippen LogP contribution in [0.15, 0.2) is 46.9 Å². The highest BCUT2D eigenvalue weighted by molar-refractivity contribution is 5.85. The molecule has 1 amide bonds. The molecule has 0 saturated carbocycles. The fourth-order valence-corrected chi connectivity index (χ4v) is 2.54. The van der Waals surface area contributed by atoms with E-state index in [2.05, 4.69) is 15.6 Å². The lowest BCUT2D eigenvalue weighted by molar-refractivity contribution is -0.121. The Labute approximate surface area is 151 Å². The van der Waals surface area contributed by atoms with Gasteiger partial charge in [-0.3, -0.25) is 4.79 Å². The maximum Gasteiger partial charge on any atom is 0.242 e. The van der Waals surface area contributed by atoms with Crippen molar-refractivity contribution >= 4 is 22.7 Å². The van der Waals surface area contributed by atoms with Gasteiger partial charge in [0.15, 0.2) is 11.5 Å². The molecule has 1 unspecified atom stereocenters. The number of oxazole rings is 1. The lowest BCUT2D eigenvalue weighted by Crippen LogP contribution is -2.37. The molecule has 136 valence electrons. The van der Waals surface area contributed by atoms with Crippen LogP contribution in [-0.2, 0) is 11.3 Å². The molecule has 0 spiro atoms. The van der Waals surface area contributed by atoms with E-state index in [-0.39, 0.29) is 17.6 Å². The largest absolute Gasteiger partial charge is 0.440 e. The first-order valence-electron chi connectivity index (χ1n) is 8.61. The number of carbonyl (C=O) groups is 1. The highest BCUT2D eigenvalue weighted by Crippen LogP contribution is 2.24. The molecule has 6 heteroatoms. The summed E-state index contributed by atoms with van der Waals surface area (Å²) in [7, 11) is 0. The van der Waals surface area contributed by atoms with Gasteiger partial charge in [0.05, 0.1) is 0 Å². The van der Waals surface area contributed by atoms with Crippen molar-refractivity contribution in [2.75, 3.05) is 5.32 Å². The summed E-state index contributed by atoms with van der Waals surface area (Å²) in [5.41, 5.74) is 3.13. The van der Waals surface area contributed by atoms with Gasteiger partial charge < -0.3 is 15.1 Å². The number of aromatic nitrogens is 1. The molecular weight excluding hydrogens is 333 g/mol. The molecule has 1 aromatic heterocycles. The number of halogens is 1. The third kappa shape index (κ3) is 4.20. The summed E-state index contributed by atoms with van der Waals surface area (Å²) in [6, 6.07) is 11.2. The molecule has 0 aliphatic carbocycles. The molecule has 26 heavy (non-hydrogen) atoms. The molecule has 0 radical (unpaired) electrons. The summed E-state index contributed by atoms with van der Waals surface area (Å²) in [4.78, 5) is 16.7. The smallest absolute Gasteiger partial charge is 0.242 e. The normalized spacial score (nSPS) is 12.3. The minimum absolute atomic E-state index is 0.141. The molecule has 0 aliphatic heterocycles. The number of hydrogen-bond acceptors (Lipinski definition) is 4. The number of nitrogens with zero attached hydrogens (tertiary/aromatic N) is 1. The standard InChI is InChI=1S/C20H22FN3O2/c1-12(2)20-24-17-10-16(8-9-18(17)26-20)23-13(3)19(25)22-11-14-4-6-15(21)7-5-14/h4-10,12-13,23H,11H2,1-3H3,(H,22,25). The Morgan fingerprint density at radius 1 is 1.15 bits per heavy atom. The van der Waals surface area contributed by atoms with E-state index in [0.29, 0.717) is 12.4 Å². The van der Waals surface area contributed by atoms with Gasteiger partial charge in [-0.15, -0.1) is 0 Å². The van der Waals surface area contributed by atoms with Gasteiger partial charge in [0, 0.05) is 18.2 Å². The summed E-state index contributed by atoms with van der Waals surface area (Å²) in [5.74, 6) is 0.480. The van der Waals surface area contributed by atoms with Crippen LogP contribution in [0.1, 0.15) is 38.1 Å². The fourth-order valence-electron chi connectivity index (χ4n) is 2.54. The number of benzene rings is 2. The van der Waals surface area contributed by atoms with Crippen molar-refractivity contribution in [3.05, 3.63) is 59.7 Å². The second kappa shape index (κ2) is 7.56. The molecule has 3 rings (SSSR count). The van der Waals surface area contributed by atoms with Crippen molar-refractivity contribution in [3.63, 3.8) is 0 Å². The Balaban J connectivity index is 1.61. The molecule has 3 aromatic rings.